The first-order valence-corrected chi connectivity index (χ1v) is 7.22. The van der Waals surface area contributed by atoms with Gasteiger partial charge in [-0.2, -0.15) is 0 Å². The van der Waals surface area contributed by atoms with Crippen LogP contribution >= 0.6 is 11.6 Å². The van der Waals surface area contributed by atoms with Crippen molar-refractivity contribution in [3.05, 3.63) is 95.8 Å². The molecule has 104 valence electrons. The molecular formula is C19H14ClF. The van der Waals surface area contributed by atoms with Crippen LogP contribution in [0, 0.1) is 5.82 Å². The SMILES string of the molecule is Fc1ccc(C(Cl)c2ccc(-c3ccccc3)cc2)cc1. The molecule has 0 saturated heterocycles. The first kappa shape index (κ1) is 13.8. The summed E-state index contributed by atoms with van der Waals surface area (Å²) < 4.78 is 13.0. The molecule has 0 bridgehead atoms. The predicted molar refractivity (Wildman–Crippen MR) is 86.0 cm³/mol. The van der Waals surface area contributed by atoms with E-state index in [9.17, 15) is 4.39 Å². The van der Waals surface area contributed by atoms with Gasteiger partial charge in [-0.1, -0.05) is 66.7 Å². The van der Waals surface area contributed by atoms with Crippen molar-refractivity contribution in [2.75, 3.05) is 0 Å². The lowest BCUT2D eigenvalue weighted by atomic mass is 10.00. The number of hydrogen-bond acceptors (Lipinski definition) is 0. The molecule has 3 rings (SSSR count). The predicted octanol–water partition coefficient (Wildman–Crippen LogP) is 5.82. The van der Waals surface area contributed by atoms with Gasteiger partial charge in [0.1, 0.15) is 5.82 Å². The molecule has 0 nitrogen and oxygen atoms in total. The maximum Gasteiger partial charge on any atom is 0.123 e. The summed E-state index contributed by atoms with van der Waals surface area (Å²) in [5.41, 5.74) is 4.23. The van der Waals surface area contributed by atoms with E-state index in [4.69, 9.17) is 11.6 Å². The number of hydrogen-bond donors (Lipinski definition) is 0. The highest BCUT2D eigenvalue weighted by molar-refractivity contribution is 6.22. The molecule has 0 heterocycles. The van der Waals surface area contributed by atoms with Gasteiger partial charge < -0.3 is 0 Å². The summed E-state index contributed by atoms with van der Waals surface area (Å²) in [4.78, 5) is 0. The second-order valence-electron chi connectivity index (χ2n) is 4.90. The maximum absolute atomic E-state index is 13.0. The first-order chi connectivity index (χ1) is 10.2. The summed E-state index contributed by atoms with van der Waals surface area (Å²) in [5, 5.41) is -0.268. The van der Waals surface area contributed by atoms with Gasteiger partial charge in [-0.3, -0.25) is 0 Å². The Balaban J connectivity index is 1.85. The highest BCUT2D eigenvalue weighted by atomic mass is 35.5. The molecule has 0 radical (unpaired) electrons. The van der Waals surface area contributed by atoms with Crippen LogP contribution in [0.25, 0.3) is 11.1 Å². The topological polar surface area (TPSA) is 0 Å². The summed E-state index contributed by atoms with van der Waals surface area (Å²) in [6.07, 6.45) is 0. The maximum atomic E-state index is 13.0. The van der Waals surface area contributed by atoms with Crippen LogP contribution < -0.4 is 0 Å². The van der Waals surface area contributed by atoms with E-state index in [-0.39, 0.29) is 11.2 Å². The highest BCUT2D eigenvalue weighted by Gasteiger charge is 2.10. The second-order valence-corrected chi connectivity index (χ2v) is 5.34. The van der Waals surface area contributed by atoms with Gasteiger partial charge in [0.25, 0.3) is 0 Å². The molecule has 0 saturated carbocycles. The molecule has 3 aromatic carbocycles. The van der Waals surface area contributed by atoms with Crippen molar-refractivity contribution in [2.45, 2.75) is 5.38 Å². The Kier molecular flexibility index (Phi) is 4.03. The molecular weight excluding hydrogens is 283 g/mol. The molecule has 0 amide bonds. The van der Waals surface area contributed by atoms with Crippen molar-refractivity contribution in [1.82, 2.24) is 0 Å². The Hall–Kier alpha value is -2.12. The van der Waals surface area contributed by atoms with Crippen LogP contribution in [0.2, 0.25) is 0 Å². The third kappa shape index (κ3) is 3.14. The van der Waals surface area contributed by atoms with E-state index in [0.29, 0.717) is 0 Å². The average molecular weight is 297 g/mol. The molecule has 2 heteroatoms. The Bertz CT molecular complexity index is 703. The fourth-order valence-electron chi connectivity index (χ4n) is 2.30. The van der Waals surface area contributed by atoms with Crippen molar-refractivity contribution in [3.8, 4) is 11.1 Å². The minimum atomic E-state index is -0.268. The third-order valence-electron chi connectivity index (χ3n) is 3.47. The van der Waals surface area contributed by atoms with E-state index in [1.165, 1.54) is 17.7 Å². The van der Waals surface area contributed by atoms with Crippen molar-refractivity contribution < 1.29 is 4.39 Å². The third-order valence-corrected chi connectivity index (χ3v) is 3.98. The fraction of sp³-hybridized carbons (Fsp3) is 0.0526. The van der Waals surface area contributed by atoms with Crippen molar-refractivity contribution >= 4 is 11.6 Å². The Labute approximate surface area is 128 Å². The van der Waals surface area contributed by atoms with Crippen LogP contribution in [0.15, 0.2) is 78.9 Å². The molecule has 21 heavy (non-hydrogen) atoms. The van der Waals surface area contributed by atoms with E-state index >= 15 is 0 Å². The summed E-state index contributed by atoms with van der Waals surface area (Å²) >= 11 is 6.46. The zero-order valence-corrected chi connectivity index (χ0v) is 12.1. The standard InChI is InChI=1S/C19H14ClF/c20-19(17-10-12-18(21)13-11-17)16-8-6-15(7-9-16)14-4-2-1-3-5-14/h1-13,19H. The molecule has 0 N–H and O–H groups in total. The minimum Gasteiger partial charge on any atom is -0.207 e. The van der Waals surface area contributed by atoms with E-state index in [0.717, 1.165) is 16.7 Å². The summed E-state index contributed by atoms with van der Waals surface area (Å²) in [6.45, 7) is 0. The van der Waals surface area contributed by atoms with E-state index in [1.807, 2.05) is 30.3 Å². The van der Waals surface area contributed by atoms with Crippen LogP contribution in [0.3, 0.4) is 0 Å². The van der Waals surface area contributed by atoms with Gasteiger partial charge in [0, 0.05) is 0 Å². The normalized spacial score (nSPS) is 12.1. The highest BCUT2D eigenvalue weighted by Crippen LogP contribution is 2.30. The lowest BCUT2D eigenvalue weighted by Crippen LogP contribution is -1.93. The zero-order valence-electron chi connectivity index (χ0n) is 11.3. The molecule has 0 aromatic heterocycles. The van der Waals surface area contributed by atoms with Gasteiger partial charge in [0.2, 0.25) is 0 Å². The van der Waals surface area contributed by atoms with Crippen LogP contribution in [0.1, 0.15) is 16.5 Å². The van der Waals surface area contributed by atoms with Gasteiger partial charge in [-0.05, 0) is 34.4 Å². The molecule has 0 fully saturated rings. The summed E-state index contributed by atoms with van der Waals surface area (Å²) in [6, 6.07) is 24.7. The molecule has 0 aliphatic carbocycles. The van der Waals surface area contributed by atoms with Gasteiger partial charge in [-0.15, -0.1) is 11.6 Å². The van der Waals surface area contributed by atoms with Crippen LogP contribution in [0.4, 0.5) is 4.39 Å². The summed E-state index contributed by atoms with van der Waals surface area (Å²) in [7, 11) is 0. The Morgan fingerprint density at radius 2 is 1.10 bits per heavy atom. The van der Waals surface area contributed by atoms with Crippen LogP contribution in [0.5, 0.6) is 0 Å². The molecule has 1 atom stereocenters. The molecule has 0 spiro atoms. The first-order valence-electron chi connectivity index (χ1n) is 6.79. The van der Waals surface area contributed by atoms with Crippen LogP contribution in [-0.2, 0) is 0 Å². The quantitative estimate of drug-likeness (QED) is 0.534. The summed E-state index contributed by atoms with van der Waals surface area (Å²) in [5.74, 6) is -0.248. The Morgan fingerprint density at radius 1 is 0.619 bits per heavy atom. The lowest BCUT2D eigenvalue weighted by Gasteiger charge is -2.11. The van der Waals surface area contributed by atoms with Crippen LogP contribution in [-0.4, -0.2) is 0 Å². The monoisotopic (exact) mass is 296 g/mol. The largest absolute Gasteiger partial charge is 0.207 e. The van der Waals surface area contributed by atoms with Gasteiger partial charge in [0.15, 0.2) is 0 Å². The molecule has 0 aliphatic heterocycles. The van der Waals surface area contributed by atoms with E-state index < -0.39 is 0 Å². The van der Waals surface area contributed by atoms with Crippen molar-refractivity contribution in [1.29, 1.82) is 0 Å². The average Bonchev–Trinajstić information content (AvgIpc) is 2.56. The number of alkyl halides is 1. The molecule has 0 aliphatic rings. The smallest absolute Gasteiger partial charge is 0.123 e. The van der Waals surface area contributed by atoms with Gasteiger partial charge >= 0.3 is 0 Å². The number of halogens is 2. The zero-order chi connectivity index (χ0) is 14.7. The minimum absolute atomic E-state index is 0.248. The fourth-order valence-corrected chi connectivity index (χ4v) is 2.59. The lowest BCUT2D eigenvalue weighted by molar-refractivity contribution is 0.627. The van der Waals surface area contributed by atoms with Crippen molar-refractivity contribution in [3.63, 3.8) is 0 Å². The molecule has 3 aromatic rings. The number of benzene rings is 3. The van der Waals surface area contributed by atoms with Gasteiger partial charge in [0.05, 0.1) is 5.38 Å². The van der Waals surface area contributed by atoms with Gasteiger partial charge in [-0.25, -0.2) is 4.39 Å². The van der Waals surface area contributed by atoms with E-state index in [2.05, 4.69) is 24.3 Å². The van der Waals surface area contributed by atoms with Crippen molar-refractivity contribution in [2.24, 2.45) is 0 Å². The Morgan fingerprint density at radius 3 is 1.67 bits per heavy atom. The molecule has 1 unspecified atom stereocenters. The number of rotatable bonds is 3. The van der Waals surface area contributed by atoms with E-state index in [1.54, 1.807) is 12.1 Å². The second kappa shape index (κ2) is 6.11.